The van der Waals surface area contributed by atoms with Crippen LogP contribution in [0.3, 0.4) is 0 Å². The second-order valence-corrected chi connectivity index (χ2v) is 5.64. The fourth-order valence-corrected chi connectivity index (χ4v) is 2.81. The molecule has 8 heteroatoms. The van der Waals surface area contributed by atoms with Crippen molar-refractivity contribution in [2.45, 2.75) is 17.8 Å². The van der Waals surface area contributed by atoms with Crippen LogP contribution in [0, 0.1) is 0 Å². The van der Waals surface area contributed by atoms with E-state index in [1.165, 1.54) is 12.1 Å². The van der Waals surface area contributed by atoms with Gasteiger partial charge in [0.2, 0.25) is 5.41 Å². The van der Waals surface area contributed by atoms with Gasteiger partial charge in [-0.15, -0.1) is 0 Å². The van der Waals surface area contributed by atoms with Crippen LogP contribution in [0.5, 0.6) is 0 Å². The van der Waals surface area contributed by atoms with Gasteiger partial charge in [0.15, 0.2) is 0 Å². The van der Waals surface area contributed by atoms with Crippen molar-refractivity contribution in [1.29, 1.82) is 0 Å². The minimum atomic E-state index is -5.65. The zero-order valence-electron chi connectivity index (χ0n) is 11.1. The van der Waals surface area contributed by atoms with Gasteiger partial charge in [-0.25, -0.2) is 0 Å². The molecule has 2 rings (SSSR count). The maximum atomic E-state index is 13.7. The van der Waals surface area contributed by atoms with Gasteiger partial charge in [0.25, 0.3) is 0 Å². The Bertz CT molecular complexity index is 644. The van der Waals surface area contributed by atoms with E-state index in [9.17, 15) is 26.3 Å². The van der Waals surface area contributed by atoms with Crippen LogP contribution in [0.4, 0.5) is 26.3 Å². The van der Waals surface area contributed by atoms with Gasteiger partial charge in [-0.05, 0) is 35.4 Å². The quantitative estimate of drug-likeness (QED) is 0.534. The molecule has 0 aromatic heterocycles. The summed E-state index contributed by atoms with van der Waals surface area (Å²) in [5.41, 5.74) is -6.27. The number of rotatable bonds is 2. The second-order valence-electron chi connectivity index (χ2n) is 4.77. The van der Waals surface area contributed by atoms with Crippen LogP contribution >= 0.6 is 23.2 Å². The van der Waals surface area contributed by atoms with Crippen molar-refractivity contribution >= 4 is 23.2 Å². The molecule has 0 heterocycles. The molecule has 0 bridgehead atoms. The molecule has 23 heavy (non-hydrogen) atoms. The highest BCUT2D eigenvalue weighted by Gasteiger charge is 2.72. The smallest absolute Gasteiger partial charge is 0.169 e. The normalized spacial score (nSPS) is 13.2. The molecule has 124 valence electrons. The predicted molar refractivity (Wildman–Crippen MR) is 75.8 cm³/mol. The van der Waals surface area contributed by atoms with Gasteiger partial charge in [-0.1, -0.05) is 47.5 Å². The Kier molecular flexibility index (Phi) is 4.61. The molecule has 0 nitrogen and oxygen atoms in total. The Hall–Kier alpha value is -1.40. The summed E-state index contributed by atoms with van der Waals surface area (Å²) in [6.07, 6.45) is -11.3. The summed E-state index contributed by atoms with van der Waals surface area (Å²) >= 11 is 11.2. The zero-order chi connectivity index (χ0) is 17.5. The lowest BCUT2D eigenvalue weighted by molar-refractivity contribution is -0.288. The predicted octanol–water partition coefficient (Wildman–Crippen LogP) is 6.40. The van der Waals surface area contributed by atoms with E-state index in [0.29, 0.717) is 12.1 Å². The van der Waals surface area contributed by atoms with Crippen LogP contribution in [0.15, 0.2) is 48.5 Å². The Morgan fingerprint density at radius 1 is 0.609 bits per heavy atom. The van der Waals surface area contributed by atoms with Crippen LogP contribution < -0.4 is 0 Å². The average Bonchev–Trinajstić information content (AvgIpc) is 2.36. The molecular weight excluding hydrogens is 365 g/mol. The Balaban J connectivity index is 2.93. The summed E-state index contributed by atoms with van der Waals surface area (Å²) < 4.78 is 82.2. The van der Waals surface area contributed by atoms with E-state index < -0.39 is 28.9 Å². The highest BCUT2D eigenvalue weighted by Crippen LogP contribution is 2.56. The lowest BCUT2D eigenvalue weighted by Gasteiger charge is -2.38. The summed E-state index contributed by atoms with van der Waals surface area (Å²) in [4.78, 5) is 0. The SMILES string of the molecule is FC(F)(F)C(c1cccc(Cl)c1)(c1cccc(Cl)c1)C(F)(F)F. The lowest BCUT2D eigenvalue weighted by atomic mass is 9.73. The largest absolute Gasteiger partial charge is 0.411 e. The van der Waals surface area contributed by atoms with E-state index in [1.807, 2.05) is 0 Å². The third-order valence-corrected chi connectivity index (χ3v) is 3.84. The first-order valence-electron chi connectivity index (χ1n) is 6.15. The second kappa shape index (κ2) is 5.91. The first-order valence-corrected chi connectivity index (χ1v) is 6.91. The van der Waals surface area contributed by atoms with Crippen LogP contribution in [0.1, 0.15) is 11.1 Å². The molecule has 0 spiro atoms. The van der Waals surface area contributed by atoms with Gasteiger partial charge < -0.3 is 0 Å². The summed E-state index contributed by atoms with van der Waals surface area (Å²) in [5.74, 6) is 0. The van der Waals surface area contributed by atoms with E-state index in [-0.39, 0.29) is 10.0 Å². The first-order chi connectivity index (χ1) is 10.5. The maximum Gasteiger partial charge on any atom is 0.411 e. The lowest BCUT2D eigenvalue weighted by Crippen LogP contribution is -2.54. The topological polar surface area (TPSA) is 0 Å². The van der Waals surface area contributed by atoms with Gasteiger partial charge in [-0.2, -0.15) is 26.3 Å². The summed E-state index contributed by atoms with van der Waals surface area (Å²) in [6.45, 7) is 0. The first kappa shape index (κ1) is 17.9. The van der Waals surface area contributed by atoms with Crippen LogP contribution in [-0.2, 0) is 5.41 Å². The van der Waals surface area contributed by atoms with Crippen LogP contribution in [0.25, 0.3) is 0 Å². The maximum absolute atomic E-state index is 13.7. The molecule has 0 amide bonds. The van der Waals surface area contributed by atoms with Crippen molar-refractivity contribution in [2.24, 2.45) is 0 Å². The third-order valence-electron chi connectivity index (χ3n) is 3.37. The molecule has 2 aromatic carbocycles. The van der Waals surface area contributed by atoms with Crippen molar-refractivity contribution in [2.75, 3.05) is 0 Å². The number of benzene rings is 2. The van der Waals surface area contributed by atoms with E-state index in [0.717, 1.165) is 24.3 Å². The number of hydrogen-bond acceptors (Lipinski definition) is 0. The third kappa shape index (κ3) is 3.02. The molecule has 2 aromatic rings. The molecular formula is C15H8Cl2F6. The number of halogens is 8. The fourth-order valence-electron chi connectivity index (χ4n) is 2.43. The monoisotopic (exact) mass is 372 g/mol. The van der Waals surface area contributed by atoms with Crippen molar-refractivity contribution < 1.29 is 26.3 Å². The zero-order valence-corrected chi connectivity index (χ0v) is 12.7. The Morgan fingerprint density at radius 2 is 0.957 bits per heavy atom. The van der Waals surface area contributed by atoms with Crippen molar-refractivity contribution in [3.63, 3.8) is 0 Å². The van der Waals surface area contributed by atoms with Gasteiger partial charge in [0, 0.05) is 10.0 Å². The molecule has 0 aliphatic rings. The molecule has 0 saturated heterocycles. The van der Waals surface area contributed by atoms with E-state index in [2.05, 4.69) is 0 Å². The highest BCUT2D eigenvalue weighted by molar-refractivity contribution is 6.31. The molecule has 0 atom stereocenters. The number of hydrogen-bond donors (Lipinski definition) is 0. The Labute approximate surface area is 137 Å². The van der Waals surface area contributed by atoms with Crippen molar-refractivity contribution in [3.05, 3.63) is 69.7 Å². The highest BCUT2D eigenvalue weighted by atomic mass is 35.5. The van der Waals surface area contributed by atoms with Gasteiger partial charge >= 0.3 is 12.4 Å². The van der Waals surface area contributed by atoms with E-state index >= 15 is 0 Å². The van der Waals surface area contributed by atoms with Crippen molar-refractivity contribution in [1.82, 2.24) is 0 Å². The summed E-state index contributed by atoms with van der Waals surface area (Å²) in [5, 5.41) is -0.468. The van der Waals surface area contributed by atoms with E-state index in [1.54, 1.807) is 0 Å². The molecule has 0 N–H and O–H groups in total. The minimum Gasteiger partial charge on any atom is -0.169 e. The van der Waals surface area contributed by atoms with Crippen LogP contribution in [0.2, 0.25) is 10.0 Å². The van der Waals surface area contributed by atoms with Crippen molar-refractivity contribution in [3.8, 4) is 0 Å². The van der Waals surface area contributed by atoms with Gasteiger partial charge in [0.05, 0.1) is 0 Å². The molecule has 0 aliphatic carbocycles. The van der Waals surface area contributed by atoms with Gasteiger partial charge in [-0.3, -0.25) is 0 Å². The molecule has 0 saturated carbocycles. The molecule has 0 aliphatic heterocycles. The molecule has 0 fully saturated rings. The molecule has 0 unspecified atom stereocenters. The standard InChI is InChI=1S/C15H8Cl2F6/c16-11-5-1-3-9(7-11)13(14(18,19)20,15(21,22)23)10-4-2-6-12(17)8-10/h1-8H. The van der Waals surface area contributed by atoms with E-state index in [4.69, 9.17) is 23.2 Å². The number of alkyl halides is 6. The van der Waals surface area contributed by atoms with Gasteiger partial charge in [0.1, 0.15) is 0 Å². The Morgan fingerprint density at radius 3 is 1.22 bits per heavy atom. The summed E-state index contributed by atoms with van der Waals surface area (Å²) in [6, 6.07) is 7.26. The van der Waals surface area contributed by atoms with Crippen LogP contribution in [-0.4, -0.2) is 12.4 Å². The molecule has 0 radical (unpaired) electrons. The summed E-state index contributed by atoms with van der Waals surface area (Å²) in [7, 11) is 0. The average molecular weight is 373 g/mol. The minimum absolute atomic E-state index is 0.234. The fraction of sp³-hybridized carbons (Fsp3) is 0.200.